The third-order valence-corrected chi connectivity index (χ3v) is 4.72. The second-order valence-corrected chi connectivity index (χ2v) is 7.78. The Morgan fingerprint density at radius 3 is 2.26 bits per heavy atom. The van der Waals surface area contributed by atoms with Crippen LogP contribution in [0.1, 0.15) is 27.7 Å². The molecule has 1 saturated heterocycles. The monoisotopic (exact) mass is 547 g/mol. The molecule has 8 nitrogen and oxygen atoms in total. The highest BCUT2D eigenvalue weighted by molar-refractivity contribution is 14.0. The summed E-state index contributed by atoms with van der Waals surface area (Å²) in [6, 6.07) is 7.75. The van der Waals surface area contributed by atoms with Gasteiger partial charge in [-0.2, -0.15) is 0 Å². The maximum atomic E-state index is 12.0. The van der Waals surface area contributed by atoms with Crippen LogP contribution in [-0.2, 0) is 4.79 Å². The van der Waals surface area contributed by atoms with Crippen molar-refractivity contribution in [1.82, 2.24) is 20.4 Å². The van der Waals surface area contributed by atoms with Crippen LogP contribution in [0.2, 0.25) is 0 Å². The molecule has 1 aliphatic rings. The largest absolute Gasteiger partial charge is 0.497 e. The molecule has 0 spiro atoms. The number of aliphatic imine (C=N–C) groups is 1. The summed E-state index contributed by atoms with van der Waals surface area (Å²) in [5, 5.41) is 6.33. The van der Waals surface area contributed by atoms with Crippen molar-refractivity contribution in [2.75, 3.05) is 52.9 Å². The van der Waals surface area contributed by atoms with E-state index in [1.54, 1.807) is 7.11 Å². The number of rotatable bonds is 9. The molecule has 0 aliphatic carbocycles. The quantitative estimate of drug-likeness (QED) is 0.281. The highest BCUT2D eigenvalue weighted by atomic mass is 127. The van der Waals surface area contributed by atoms with E-state index in [-0.39, 0.29) is 42.0 Å². The van der Waals surface area contributed by atoms with Crippen molar-refractivity contribution in [3.05, 3.63) is 24.3 Å². The zero-order chi connectivity index (χ0) is 21.9. The number of methoxy groups -OCH3 is 1. The van der Waals surface area contributed by atoms with Crippen LogP contribution >= 0.6 is 24.0 Å². The summed E-state index contributed by atoms with van der Waals surface area (Å²) < 4.78 is 11.1. The number of guanidine groups is 1. The first-order valence-electron chi connectivity index (χ1n) is 10.8. The van der Waals surface area contributed by atoms with Crippen molar-refractivity contribution in [2.45, 2.75) is 39.8 Å². The lowest BCUT2D eigenvalue weighted by Crippen LogP contribution is -2.54. The smallest absolute Gasteiger partial charge is 0.234 e. The number of hydrogen-bond acceptors (Lipinski definition) is 5. The lowest BCUT2D eigenvalue weighted by Gasteiger charge is -2.36. The number of halogens is 1. The summed E-state index contributed by atoms with van der Waals surface area (Å²) >= 11 is 0. The average Bonchev–Trinajstić information content (AvgIpc) is 2.71. The van der Waals surface area contributed by atoms with Gasteiger partial charge in [0.05, 0.1) is 20.2 Å². The van der Waals surface area contributed by atoms with Gasteiger partial charge in [0, 0.05) is 38.8 Å². The third kappa shape index (κ3) is 9.94. The van der Waals surface area contributed by atoms with Crippen LogP contribution in [0, 0.1) is 0 Å². The molecule has 0 bridgehead atoms. The molecule has 1 aromatic carbocycles. The molecule has 176 valence electrons. The van der Waals surface area contributed by atoms with Crippen LogP contribution < -0.4 is 20.1 Å². The van der Waals surface area contributed by atoms with Crippen molar-refractivity contribution in [3.63, 3.8) is 0 Å². The fraction of sp³-hybridized carbons (Fsp3) is 0.636. The number of hydrogen-bond donors (Lipinski definition) is 2. The van der Waals surface area contributed by atoms with Gasteiger partial charge >= 0.3 is 0 Å². The van der Waals surface area contributed by atoms with E-state index in [0.29, 0.717) is 13.1 Å². The summed E-state index contributed by atoms with van der Waals surface area (Å²) in [4.78, 5) is 21.2. The molecule has 1 amide bonds. The molecule has 0 saturated carbocycles. The van der Waals surface area contributed by atoms with Crippen LogP contribution in [0.5, 0.6) is 11.5 Å². The number of benzene rings is 1. The predicted octanol–water partition coefficient (Wildman–Crippen LogP) is 2.19. The summed E-state index contributed by atoms with van der Waals surface area (Å²) in [7, 11) is 1.65. The normalized spacial score (nSPS) is 15.8. The van der Waals surface area contributed by atoms with Crippen molar-refractivity contribution in [1.29, 1.82) is 0 Å². The number of amides is 1. The molecule has 2 N–H and O–H groups in total. The van der Waals surface area contributed by atoms with E-state index in [2.05, 4.69) is 27.4 Å². The summed E-state index contributed by atoms with van der Waals surface area (Å²) in [6.45, 7) is 13.2. The molecule has 31 heavy (non-hydrogen) atoms. The second kappa shape index (κ2) is 14.3. The van der Waals surface area contributed by atoms with Crippen molar-refractivity contribution < 1.29 is 14.3 Å². The Balaban J connectivity index is 0.00000480. The molecule has 1 heterocycles. The Labute approximate surface area is 203 Å². The third-order valence-electron chi connectivity index (χ3n) is 4.72. The number of carbonyl (C=O) groups is 1. The van der Waals surface area contributed by atoms with Crippen LogP contribution in [0.15, 0.2) is 29.3 Å². The van der Waals surface area contributed by atoms with Gasteiger partial charge in [-0.3, -0.25) is 9.69 Å². The highest BCUT2D eigenvalue weighted by Crippen LogP contribution is 2.18. The van der Waals surface area contributed by atoms with E-state index >= 15 is 0 Å². The molecule has 1 aromatic rings. The lowest BCUT2D eigenvalue weighted by molar-refractivity contribution is -0.123. The second-order valence-electron chi connectivity index (χ2n) is 7.78. The average molecular weight is 547 g/mol. The molecular formula is C22H38IN5O3. The van der Waals surface area contributed by atoms with Gasteiger partial charge in [0.15, 0.2) is 5.96 Å². The summed E-state index contributed by atoms with van der Waals surface area (Å²) in [6.07, 6.45) is -0.0481. The van der Waals surface area contributed by atoms with Crippen molar-refractivity contribution in [2.24, 2.45) is 4.99 Å². The Bertz CT molecular complexity index is 676. The molecule has 0 radical (unpaired) electrons. The van der Waals surface area contributed by atoms with Crippen LogP contribution in [0.4, 0.5) is 0 Å². The predicted molar refractivity (Wildman–Crippen MR) is 136 cm³/mol. The Hall–Kier alpha value is -1.75. The Morgan fingerprint density at radius 1 is 1.10 bits per heavy atom. The first kappa shape index (κ1) is 27.3. The van der Waals surface area contributed by atoms with Crippen LogP contribution in [0.3, 0.4) is 0 Å². The maximum Gasteiger partial charge on any atom is 0.234 e. The van der Waals surface area contributed by atoms with E-state index < -0.39 is 0 Å². The van der Waals surface area contributed by atoms with Gasteiger partial charge in [-0.15, -0.1) is 24.0 Å². The minimum atomic E-state index is -0.0481. The van der Waals surface area contributed by atoms with E-state index in [4.69, 9.17) is 14.5 Å². The van der Waals surface area contributed by atoms with Crippen LogP contribution in [-0.4, -0.2) is 86.7 Å². The SMILES string of the molecule is CCNC(=NCC(C)Oc1ccc(OC)cc1)N1CCN(CC(=O)NC(C)C)CC1.I. The van der Waals surface area contributed by atoms with Gasteiger partial charge < -0.3 is 25.0 Å². The minimum Gasteiger partial charge on any atom is -0.497 e. The molecular weight excluding hydrogens is 509 g/mol. The van der Waals surface area contributed by atoms with Gasteiger partial charge in [-0.05, 0) is 52.0 Å². The molecule has 1 aliphatic heterocycles. The topological polar surface area (TPSA) is 78.4 Å². The maximum absolute atomic E-state index is 12.0. The lowest BCUT2D eigenvalue weighted by atomic mass is 10.3. The number of piperazine rings is 1. The molecule has 1 atom stereocenters. The standard InChI is InChI=1S/C22H37N5O3.HI/c1-6-23-22(24-15-18(4)30-20-9-7-19(29-5)8-10-20)27-13-11-26(12-14-27)16-21(28)25-17(2)3;/h7-10,17-18H,6,11-16H2,1-5H3,(H,23,24)(H,25,28);1H. The van der Waals surface area contributed by atoms with E-state index in [9.17, 15) is 4.79 Å². The van der Waals surface area contributed by atoms with Crippen molar-refractivity contribution >= 4 is 35.8 Å². The van der Waals surface area contributed by atoms with Gasteiger partial charge in [0.1, 0.15) is 17.6 Å². The van der Waals surface area contributed by atoms with Crippen LogP contribution in [0.25, 0.3) is 0 Å². The van der Waals surface area contributed by atoms with Crippen molar-refractivity contribution in [3.8, 4) is 11.5 Å². The summed E-state index contributed by atoms with van der Waals surface area (Å²) in [5.41, 5.74) is 0. The number of nitrogens with one attached hydrogen (secondary N) is 2. The Kier molecular flexibility index (Phi) is 12.6. The highest BCUT2D eigenvalue weighted by Gasteiger charge is 2.21. The van der Waals surface area contributed by atoms with Gasteiger partial charge in [0.2, 0.25) is 5.91 Å². The van der Waals surface area contributed by atoms with Gasteiger partial charge in [0.25, 0.3) is 0 Å². The first-order chi connectivity index (χ1) is 14.4. The molecule has 1 fully saturated rings. The first-order valence-corrected chi connectivity index (χ1v) is 10.8. The minimum absolute atomic E-state index is 0. The molecule has 2 rings (SSSR count). The van der Waals surface area contributed by atoms with E-state index in [1.165, 1.54) is 0 Å². The molecule has 0 aromatic heterocycles. The number of carbonyl (C=O) groups excluding carboxylic acids is 1. The molecule has 1 unspecified atom stereocenters. The van der Waals surface area contributed by atoms with Gasteiger partial charge in [-0.1, -0.05) is 0 Å². The molecule has 9 heteroatoms. The zero-order valence-electron chi connectivity index (χ0n) is 19.4. The van der Waals surface area contributed by atoms with E-state index in [0.717, 1.165) is 50.2 Å². The zero-order valence-corrected chi connectivity index (χ0v) is 21.7. The fourth-order valence-electron chi connectivity index (χ4n) is 3.25. The number of nitrogens with zero attached hydrogens (tertiary/aromatic N) is 3. The fourth-order valence-corrected chi connectivity index (χ4v) is 3.25. The summed E-state index contributed by atoms with van der Waals surface area (Å²) in [5.74, 6) is 2.59. The van der Waals surface area contributed by atoms with E-state index in [1.807, 2.05) is 45.0 Å². The Morgan fingerprint density at radius 2 is 1.71 bits per heavy atom. The van der Waals surface area contributed by atoms with Gasteiger partial charge in [-0.25, -0.2) is 4.99 Å². The number of ether oxygens (including phenoxy) is 2.